The second-order valence-electron chi connectivity index (χ2n) is 5.19. The van der Waals surface area contributed by atoms with Crippen molar-refractivity contribution in [3.8, 4) is 0 Å². The Morgan fingerprint density at radius 2 is 2.21 bits per heavy atom. The second-order valence-corrected chi connectivity index (χ2v) is 5.19. The van der Waals surface area contributed by atoms with Gasteiger partial charge in [0.05, 0.1) is 0 Å². The molecule has 1 aliphatic rings. The lowest BCUT2D eigenvalue weighted by atomic mass is 9.95. The van der Waals surface area contributed by atoms with Crippen LogP contribution in [0.1, 0.15) is 54.1 Å². The highest BCUT2D eigenvalue weighted by atomic mass is 16.1. The molecule has 104 valence electrons. The van der Waals surface area contributed by atoms with E-state index in [1.807, 2.05) is 12.1 Å². The summed E-state index contributed by atoms with van der Waals surface area (Å²) >= 11 is 0. The number of unbranched alkanes of at least 4 members (excludes halogenated alkanes) is 3. The SMILES string of the molecule is CCCCCCNC(=O)c1cccc2c1CNCC2. The third-order valence-corrected chi connectivity index (χ3v) is 3.71. The lowest BCUT2D eigenvalue weighted by Crippen LogP contribution is -2.30. The number of carbonyl (C=O) groups is 1. The van der Waals surface area contributed by atoms with Crippen molar-refractivity contribution >= 4 is 5.91 Å². The Balaban J connectivity index is 1.92. The van der Waals surface area contributed by atoms with Gasteiger partial charge in [-0.15, -0.1) is 0 Å². The van der Waals surface area contributed by atoms with Crippen molar-refractivity contribution in [1.29, 1.82) is 0 Å². The van der Waals surface area contributed by atoms with Gasteiger partial charge in [0.25, 0.3) is 5.91 Å². The Bertz CT molecular complexity index is 429. The fraction of sp³-hybridized carbons (Fsp3) is 0.562. The van der Waals surface area contributed by atoms with Gasteiger partial charge in [-0.2, -0.15) is 0 Å². The van der Waals surface area contributed by atoms with Crippen LogP contribution in [0.25, 0.3) is 0 Å². The van der Waals surface area contributed by atoms with Gasteiger partial charge >= 0.3 is 0 Å². The molecule has 0 unspecified atom stereocenters. The highest BCUT2D eigenvalue weighted by molar-refractivity contribution is 5.96. The average Bonchev–Trinajstić information content (AvgIpc) is 2.46. The van der Waals surface area contributed by atoms with Crippen molar-refractivity contribution in [2.75, 3.05) is 13.1 Å². The molecule has 0 saturated carbocycles. The summed E-state index contributed by atoms with van der Waals surface area (Å²) in [5, 5.41) is 6.38. The summed E-state index contributed by atoms with van der Waals surface area (Å²) in [5.74, 6) is 0.0806. The molecule has 3 heteroatoms. The van der Waals surface area contributed by atoms with Gasteiger partial charge in [0, 0.05) is 18.7 Å². The molecule has 1 aromatic rings. The molecular formula is C16H24N2O. The van der Waals surface area contributed by atoms with E-state index < -0.39 is 0 Å². The van der Waals surface area contributed by atoms with Crippen LogP contribution in [0.5, 0.6) is 0 Å². The Labute approximate surface area is 115 Å². The maximum Gasteiger partial charge on any atom is 0.251 e. The maximum absolute atomic E-state index is 12.2. The first-order valence-electron chi connectivity index (χ1n) is 7.42. The first-order valence-corrected chi connectivity index (χ1v) is 7.42. The van der Waals surface area contributed by atoms with Gasteiger partial charge in [-0.05, 0) is 36.6 Å². The first kappa shape index (κ1) is 14.1. The number of benzene rings is 1. The molecule has 0 aromatic heterocycles. The van der Waals surface area contributed by atoms with Gasteiger partial charge in [-0.3, -0.25) is 4.79 Å². The van der Waals surface area contributed by atoms with Crippen LogP contribution in [-0.2, 0) is 13.0 Å². The quantitative estimate of drug-likeness (QED) is 0.772. The van der Waals surface area contributed by atoms with Gasteiger partial charge in [0.15, 0.2) is 0 Å². The minimum absolute atomic E-state index is 0.0806. The maximum atomic E-state index is 12.2. The molecular weight excluding hydrogens is 236 g/mol. The van der Waals surface area contributed by atoms with Crippen molar-refractivity contribution in [2.45, 2.75) is 45.6 Å². The predicted molar refractivity (Wildman–Crippen MR) is 78.3 cm³/mol. The third kappa shape index (κ3) is 3.80. The number of hydrogen-bond donors (Lipinski definition) is 2. The molecule has 0 bridgehead atoms. The van der Waals surface area contributed by atoms with Crippen molar-refractivity contribution in [3.05, 3.63) is 34.9 Å². The standard InChI is InChI=1S/C16H24N2O/c1-2-3-4-5-10-18-16(19)14-8-6-7-13-9-11-17-12-15(13)14/h6-8,17H,2-5,9-12H2,1H3,(H,18,19). The molecule has 2 N–H and O–H groups in total. The molecule has 0 spiro atoms. The van der Waals surface area contributed by atoms with Gasteiger partial charge in [-0.1, -0.05) is 38.3 Å². The van der Waals surface area contributed by atoms with E-state index in [4.69, 9.17) is 0 Å². The first-order chi connectivity index (χ1) is 9.33. The summed E-state index contributed by atoms with van der Waals surface area (Å²) in [6.45, 7) is 4.81. The number of amides is 1. The Morgan fingerprint density at radius 3 is 3.05 bits per heavy atom. The van der Waals surface area contributed by atoms with Crippen LogP contribution in [-0.4, -0.2) is 19.0 Å². The Hall–Kier alpha value is -1.35. The lowest BCUT2D eigenvalue weighted by molar-refractivity contribution is 0.0951. The zero-order valence-corrected chi connectivity index (χ0v) is 11.8. The van der Waals surface area contributed by atoms with E-state index in [2.05, 4.69) is 23.6 Å². The summed E-state index contributed by atoms with van der Waals surface area (Å²) in [7, 11) is 0. The van der Waals surface area contributed by atoms with Crippen molar-refractivity contribution in [3.63, 3.8) is 0 Å². The van der Waals surface area contributed by atoms with Gasteiger partial charge in [0.1, 0.15) is 0 Å². The fourth-order valence-electron chi connectivity index (χ4n) is 2.58. The molecule has 0 saturated heterocycles. The number of nitrogens with one attached hydrogen (secondary N) is 2. The molecule has 1 heterocycles. The summed E-state index contributed by atoms with van der Waals surface area (Å²) < 4.78 is 0. The van der Waals surface area contributed by atoms with Gasteiger partial charge in [-0.25, -0.2) is 0 Å². The molecule has 1 aliphatic heterocycles. The number of rotatable bonds is 6. The van der Waals surface area contributed by atoms with Crippen LogP contribution in [0, 0.1) is 0 Å². The molecule has 1 amide bonds. The molecule has 19 heavy (non-hydrogen) atoms. The van der Waals surface area contributed by atoms with Crippen LogP contribution in [0.3, 0.4) is 0 Å². The van der Waals surface area contributed by atoms with Crippen LogP contribution < -0.4 is 10.6 Å². The molecule has 1 aromatic carbocycles. The van der Waals surface area contributed by atoms with E-state index in [9.17, 15) is 4.79 Å². The van der Waals surface area contributed by atoms with E-state index in [0.717, 1.165) is 38.0 Å². The summed E-state index contributed by atoms with van der Waals surface area (Å²) in [5.41, 5.74) is 3.34. The van der Waals surface area contributed by atoms with E-state index in [1.54, 1.807) is 0 Å². The number of fused-ring (bicyclic) bond motifs is 1. The zero-order chi connectivity index (χ0) is 13.5. The minimum Gasteiger partial charge on any atom is -0.352 e. The molecule has 0 atom stereocenters. The zero-order valence-electron chi connectivity index (χ0n) is 11.8. The minimum atomic E-state index is 0.0806. The van der Waals surface area contributed by atoms with Crippen LogP contribution in [0.15, 0.2) is 18.2 Å². The lowest BCUT2D eigenvalue weighted by Gasteiger charge is -2.20. The van der Waals surface area contributed by atoms with Crippen LogP contribution in [0.4, 0.5) is 0 Å². The number of carbonyl (C=O) groups excluding carboxylic acids is 1. The third-order valence-electron chi connectivity index (χ3n) is 3.71. The largest absolute Gasteiger partial charge is 0.352 e. The molecule has 0 aliphatic carbocycles. The Kier molecular flexibility index (Phi) is 5.40. The molecule has 0 fully saturated rings. The average molecular weight is 260 g/mol. The van der Waals surface area contributed by atoms with Gasteiger partial charge in [0.2, 0.25) is 0 Å². The van der Waals surface area contributed by atoms with Crippen LogP contribution >= 0.6 is 0 Å². The van der Waals surface area contributed by atoms with E-state index in [0.29, 0.717) is 0 Å². The second kappa shape index (κ2) is 7.29. The van der Waals surface area contributed by atoms with Crippen molar-refractivity contribution < 1.29 is 4.79 Å². The van der Waals surface area contributed by atoms with E-state index in [1.165, 1.54) is 30.4 Å². The monoisotopic (exact) mass is 260 g/mol. The normalized spacial score (nSPS) is 13.9. The van der Waals surface area contributed by atoms with E-state index in [-0.39, 0.29) is 5.91 Å². The number of hydrogen-bond acceptors (Lipinski definition) is 2. The molecule has 0 radical (unpaired) electrons. The fourth-order valence-corrected chi connectivity index (χ4v) is 2.58. The van der Waals surface area contributed by atoms with Gasteiger partial charge < -0.3 is 10.6 Å². The predicted octanol–water partition coefficient (Wildman–Crippen LogP) is 2.64. The summed E-state index contributed by atoms with van der Waals surface area (Å²) in [4.78, 5) is 12.2. The highest BCUT2D eigenvalue weighted by Crippen LogP contribution is 2.18. The van der Waals surface area contributed by atoms with Crippen LogP contribution in [0.2, 0.25) is 0 Å². The smallest absolute Gasteiger partial charge is 0.251 e. The van der Waals surface area contributed by atoms with Crippen molar-refractivity contribution in [2.24, 2.45) is 0 Å². The summed E-state index contributed by atoms with van der Waals surface area (Å²) in [6, 6.07) is 6.07. The summed E-state index contributed by atoms with van der Waals surface area (Å²) in [6.07, 6.45) is 5.78. The molecule has 3 nitrogen and oxygen atoms in total. The topological polar surface area (TPSA) is 41.1 Å². The van der Waals surface area contributed by atoms with Crippen molar-refractivity contribution in [1.82, 2.24) is 10.6 Å². The Morgan fingerprint density at radius 1 is 1.32 bits per heavy atom. The molecule has 2 rings (SSSR count). The highest BCUT2D eigenvalue weighted by Gasteiger charge is 2.16. The van der Waals surface area contributed by atoms with E-state index >= 15 is 0 Å².